The Morgan fingerprint density at radius 1 is 1.50 bits per heavy atom. The molecule has 1 rings (SSSR count). The van der Waals surface area contributed by atoms with Gasteiger partial charge in [-0.25, -0.2) is 14.8 Å². The number of nitriles is 1. The van der Waals surface area contributed by atoms with Gasteiger partial charge < -0.3 is 9.47 Å². The molecule has 1 aliphatic heterocycles. The molecular formula is C14H25N3O3. The van der Waals surface area contributed by atoms with Gasteiger partial charge in [-0.3, -0.25) is 0 Å². The summed E-state index contributed by atoms with van der Waals surface area (Å²) >= 11 is 0. The number of hydrogen-bond donors (Lipinski definition) is 0. The van der Waals surface area contributed by atoms with Crippen molar-refractivity contribution in [3.05, 3.63) is 0 Å². The van der Waals surface area contributed by atoms with Crippen LogP contribution in [0, 0.1) is 17.2 Å². The van der Waals surface area contributed by atoms with E-state index in [4.69, 9.17) is 9.47 Å². The lowest BCUT2D eigenvalue weighted by Crippen LogP contribution is -2.54. The molecule has 1 amide bonds. The fourth-order valence-electron chi connectivity index (χ4n) is 2.62. The minimum Gasteiger partial charge on any atom is -0.452 e. The summed E-state index contributed by atoms with van der Waals surface area (Å²) in [5, 5.41) is 12.8. The van der Waals surface area contributed by atoms with Crippen LogP contribution in [-0.4, -0.2) is 55.6 Å². The molecule has 2 atom stereocenters. The number of carbonyl (C=O) groups excluding carboxylic acids is 1. The summed E-state index contributed by atoms with van der Waals surface area (Å²) in [6.07, 6.45) is 2.10. The van der Waals surface area contributed by atoms with Crippen LogP contribution in [0.15, 0.2) is 0 Å². The van der Waals surface area contributed by atoms with Crippen molar-refractivity contribution in [2.75, 3.05) is 27.4 Å². The van der Waals surface area contributed by atoms with E-state index in [2.05, 4.69) is 6.07 Å². The summed E-state index contributed by atoms with van der Waals surface area (Å²) < 4.78 is 10.1. The summed E-state index contributed by atoms with van der Waals surface area (Å²) in [6.45, 7) is 5.37. The molecule has 0 aliphatic carbocycles. The molecule has 0 bridgehead atoms. The molecule has 1 fully saturated rings. The maximum absolute atomic E-state index is 12.1. The molecule has 20 heavy (non-hydrogen) atoms. The molecule has 0 aromatic rings. The highest BCUT2D eigenvalue weighted by molar-refractivity contribution is 5.67. The van der Waals surface area contributed by atoms with Gasteiger partial charge in [-0.15, -0.1) is 0 Å². The van der Waals surface area contributed by atoms with Gasteiger partial charge in [0.25, 0.3) is 0 Å². The van der Waals surface area contributed by atoms with Gasteiger partial charge in [0.1, 0.15) is 6.04 Å². The van der Waals surface area contributed by atoms with Crippen molar-refractivity contribution in [1.82, 2.24) is 10.0 Å². The Labute approximate surface area is 121 Å². The van der Waals surface area contributed by atoms with Crippen molar-refractivity contribution in [3.8, 4) is 6.07 Å². The smallest absolute Gasteiger partial charge is 0.425 e. The van der Waals surface area contributed by atoms with E-state index in [0.717, 1.165) is 19.4 Å². The monoisotopic (exact) mass is 283 g/mol. The lowest BCUT2D eigenvalue weighted by atomic mass is 10.0. The van der Waals surface area contributed by atoms with Crippen LogP contribution in [0.1, 0.15) is 33.1 Å². The minimum atomic E-state index is -0.500. The zero-order valence-electron chi connectivity index (χ0n) is 12.8. The largest absolute Gasteiger partial charge is 0.452 e. The predicted molar refractivity (Wildman–Crippen MR) is 74.7 cm³/mol. The van der Waals surface area contributed by atoms with Gasteiger partial charge in [-0.05, 0) is 25.2 Å². The van der Waals surface area contributed by atoms with Crippen LogP contribution in [-0.2, 0) is 9.47 Å². The summed E-state index contributed by atoms with van der Waals surface area (Å²) in [6, 6.07) is 1.86. The Hall–Kier alpha value is -1.32. The van der Waals surface area contributed by atoms with E-state index in [1.165, 1.54) is 12.1 Å². The topological polar surface area (TPSA) is 65.8 Å². The quantitative estimate of drug-likeness (QED) is 0.746. The lowest BCUT2D eigenvalue weighted by Gasteiger charge is -2.37. The molecule has 0 unspecified atom stereocenters. The number of ether oxygens (including phenoxy) is 2. The van der Waals surface area contributed by atoms with Crippen LogP contribution in [0.4, 0.5) is 4.79 Å². The number of hydrogen-bond acceptors (Lipinski definition) is 5. The van der Waals surface area contributed by atoms with Gasteiger partial charge in [0.05, 0.1) is 25.8 Å². The first kappa shape index (κ1) is 16.7. The summed E-state index contributed by atoms with van der Waals surface area (Å²) in [4.78, 5) is 12.1. The Bertz CT molecular complexity index is 354. The van der Waals surface area contributed by atoms with E-state index < -0.39 is 12.1 Å². The van der Waals surface area contributed by atoms with Crippen LogP contribution >= 0.6 is 0 Å². The summed E-state index contributed by atoms with van der Waals surface area (Å²) in [5.74, 6) is 0.329. The molecule has 0 aromatic carbocycles. The molecule has 1 heterocycles. The number of methoxy groups -OCH3 is 2. The summed E-state index contributed by atoms with van der Waals surface area (Å²) in [7, 11) is 3.00. The van der Waals surface area contributed by atoms with Crippen molar-refractivity contribution >= 4 is 6.09 Å². The second-order valence-electron chi connectivity index (χ2n) is 5.50. The zero-order chi connectivity index (χ0) is 15.1. The van der Waals surface area contributed by atoms with Crippen LogP contribution in [0.3, 0.4) is 0 Å². The third-order valence-electron chi connectivity index (χ3n) is 3.48. The van der Waals surface area contributed by atoms with E-state index in [0.29, 0.717) is 18.9 Å². The SMILES string of the molecule is COC[C@@H]1CCCN1N(C(=O)OC)[C@H](C#N)CC(C)C. The molecule has 1 saturated heterocycles. The molecule has 0 saturated carbocycles. The highest BCUT2D eigenvalue weighted by atomic mass is 16.5. The Kier molecular flexibility index (Phi) is 6.76. The fraction of sp³-hybridized carbons (Fsp3) is 0.857. The maximum atomic E-state index is 12.1. The van der Waals surface area contributed by atoms with Gasteiger partial charge >= 0.3 is 6.09 Å². The van der Waals surface area contributed by atoms with Crippen molar-refractivity contribution < 1.29 is 14.3 Å². The predicted octanol–water partition coefficient (Wildman–Crippen LogP) is 2.02. The first-order chi connectivity index (χ1) is 9.54. The highest BCUT2D eigenvalue weighted by Gasteiger charge is 2.37. The van der Waals surface area contributed by atoms with Crippen molar-refractivity contribution in [3.63, 3.8) is 0 Å². The van der Waals surface area contributed by atoms with Crippen LogP contribution < -0.4 is 0 Å². The second kappa shape index (κ2) is 8.08. The molecule has 0 spiro atoms. The van der Waals surface area contributed by atoms with E-state index in [9.17, 15) is 10.1 Å². The Balaban J connectivity index is 2.93. The van der Waals surface area contributed by atoms with E-state index in [-0.39, 0.29) is 6.04 Å². The fourth-order valence-corrected chi connectivity index (χ4v) is 2.62. The first-order valence-electron chi connectivity index (χ1n) is 7.07. The van der Waals surface area contributed by atoms with Gasteiger partial charge in [0.15, 0.2) is 0 Å². The number of hydrazine groups is 1. The third-order valence-corrected chi connectivity index (χ3v) is 3.48. The molecule has 0 aromatic heterocycles. The molecule has 1 aliphatic rings. The first-order valence-corrected chi connectivity index (χ1v) is 7.07. The second-order valence-corrected chi connectivity index (χ2v) is 5.50. The maximum Gasteiger partial charge on any atom is 0.425 e. The molecule has 0 N–H and O–H groups in total. The van der Waals surface area contributed by atoms with Crippen LogP contribution in [0.2, 0.25) is 0 Å². The van der Waals surface area contributed by atoms with Crippen LogP contribution in [0.5, 0.6) is 0 Å². The lowest BCUT2D eigenvalue weighted by molar-refractivity contribution is -0.0603. The average molecular weight is 283 g/mol. The molecule has 6 heteroatoms. The van der Waals surface area contributed by atoms with Gasteiger partial charge in [0.2, 0.25) is 0 Å². The Morgan fingerprint density at radius 2 is 2.20 bits per heavy atom. The van der Waals surface area contributed by atoms with Crippen LogP contribution in [0.25, 0.3) is 0 Å². The molecular weight excluding hydrogens is 258 g/mol. The highest BCUT2D eigenvalue weighted by Crippen LogP contribution is 2.24. The van der Waals surface area contributed by atoms with Gasteiger partial charge in [-0.1, -0.05) is 13.8 Å². The summed E-state index contributed by atoms with van der Waals surface area (Å²) in [5.41, 5.74) is 0. The van der Waals surface area contributed by atoms with Gasteiger partial charge in [0, 0.05) is 13.7 Å². The zero-order valence-corrected chi connectivity index (χ0v) is 12.8. The van der Waals surface area contributed by atoms with Gasteiger partial charge in [-0.2, -0.15) is 5.26 Å². The standard InChI is InChI=1S/C14H25N3O3/c1-11(2)8-13(9-15)17(14(18)20-4)16-7-5-6-12(16)10-19-3/h11-13H,5-8,10H2,1-4H3/t12-,13-/m0/s1. The molecule has 114 valence electrons. The van der Waals surface area contributed by atoms with E-state index in [1.54, 1.807) is 7.11 Å². The number of amides is 1. The third kappa shape index (κ3) is 4.09. The Morgan fingerprint density at radius 3 is 2.70 bits per heavy atom. The normalized spacial score (nSPS) is 20.7. The number of nitrogens with zero attached hydrogens (tertiary/aromatic N) is 3. The average Bonchev–Trinajstić information content (AvgIpc) is 2.85. The number of rotatable bonds is 6. The molecule has 6 nitrogen and oxygen atoms in total. The number of carbonyl (C=O) groups is 1. The van der Waals surface area contributed by atoms with E-state index >= 15 is 0 Å². The van der Waals surface area contributed by atoms with E-state index in [1.807, 2.05) is 18.9 Å². The molecule has 0 radical (unpaired) electrons. The van der Waals surface area contributed by atoms with Crippen molar-refractivity contribution in [2.24, 2.45) is 5.92 Å². The minimum absolute atomic E-state index is 0.127. The van der Waals surface area contributed by atoms with Crippen molar-refractivity contribution in [1.29, 1.82) is 5.26 Å². The van der Waals surface area contributed by atoms with Crippen molar-refractivity contribution in [2.45, 2.75) is 45.2 Å².